The van der Waals surface area contributed by atoms with Gasteiger partial charge in [0, 0.05) is 18.8 Å². The van der Waals surface area contributed by atoms with Gasteiger partial charge in [0.2, 0.25) is 0 Å². The van der Waals surface area contributed by atoms with Gasteiger partial charge in [-0.3, -0.25) is 9.59 Å². The summed E-state index contributed by atoms with van der Waals surface area (Å²) >= 11 is 0. The second-order valence-electron chi connectivity index (χ2n) is 7.08. The lowest BCUT2D eigenvalue weighted by atomic mass is 9.99. The Hall–Kier alpha value is -2.73. The number of quaternary nitrogens is 1. The third-order valence-electron chi connectivity index (χ3n) is 5.10. The van der Waals surface area contributed by atoms with Crippen molar-refractivity contribution < 1.29 is 18.9 Å². The van der Waals surface area contributed by atoms with Crippen LogP contribution >= 0.6 is 0 Å². The molecule has 0 bridgehead atoms. The lowest BCUT2D eigenvalue weighted by Crippen LogP contribution is -3.15. The molecule has 142 valence electrons. The highest BCUT2D eigenvalue weighted by molar-refractivity contribution is 5.91. The maximum absolute atomic E-state index is 13.2. The molecule has 2 aromatic rings. The fraction of sp³-hybridized carbons (Fsp3) is 0.333. The summed E-state index contributed by atoms with van der Waals surface area (Å²) in [6, 6.07) is 13.6. The molecule has 0 saturated carbocycles. The standard InChI is InChI=1S/C21H24FN3O2/c1-15(21(27)25-11-10-16-6-3-4-7-17(16)13-25)24(2)14-20(26)23-19-9-5-8-18(22)12-19/h3-9,12,15H,10-11,13-14H2,1-2H3,(H,23,26)/p+1/t15-/m1/s1. The van der Waals surface area contributed by atoms with Crippen LogP contribution in [0.5, 0.6) is 0 Å². The largest absolute Gasteiger partial charge is 0.333 e. The molecule has 0 aliphatic carbocycles. The molecular formula is C21H25FN3O2+. The predicted octanol–water partition coefficient (Wildman–Crippen LogP) is 1.25. The predicted molar refractivity (Wildman–Crippen MR) is 102 cm³/mol. The number of carbonyl (C=O) groups excluding carboxylic acids is 2. The summed E-state index contributed by atoms with van der Waals surface area (Å²) in [6.07, 6.45) is 0.855. The summed E-state index contributed by atoms with van der Waals surface area (Å²) < 4.78 is 13.2. The van der Waals surface area contributed by atoms with Crippen molar-refractivity contribution in [1.29, 1.82) is 0 Å². The van der Waals surface area contributed by atoms with E-state index in [1.807, 2.05) is 31.0 Å². The summed E-state index contributed by atoms with van der Waals surface area (Å²) in [4.78, 5) is 27.7. The topological polar surface area (TPSA) is 53.9 Å². The van der Waals surface area contributed by atoms with Gasteiger partial charge in [-0.2, -0.15) is 0 Å². The number of halogens is 1. The lowest BCUT2D eigenvalue weighted by molar-refractivity contribution is -0.886. The third kappa shape index (κ3) is 4.71. The van der Waals surface area contributed by atoms with Crippen LogP contribution in [0.3, 0.4) is 0 Å². The molecule has 1 unspecified atom stereocenters. The van der Waals surface area contributed by atoms with Gasteiger partial charge in [-0.15, -0.1) is 0 Å². The van der Waals surface area contributed by atoms with Crippen LogP contribution in [0.15, 0.2) is 48.5 Å². The van der Waals surface area contributed by atoms with Gasteiger partial charge in [-0.1, -0.05) is 30.3 Å². The molecule has 1 aliphatic heterocycles. The summed E-state index contributed by atoms with van der Waals surface area (Å²) in [5.41, 5.74) is 2.90. The van der Waals surface area contributed by atoms with Gasteiger partial charge < -0.3 is 15.1 Å². The second kappa shape index (κ2) is 8.31. The van der Waals surface area contributed by atoms with Gasteiger partial charge in [0.1, 0.15) is 5.82 Å². The summed E-state index contributed by atoms with van der Waals surface area (Å²) in [6.45, 7) is 3.28. The molecule has 0 aromatic heterocycles. The Morgan fingerprint density at radius 1 is 1.19 bits per heavy atom. The Morgan fingerprint density at radius 2 is 1.93 bits per heavy atom. The molecule has 0 fully saturated rings. The fourth-order valence-corrected chi connectivity index (χ4v) is 3.35. The van der Waals surface area contributed by atoms with E-state index in [1.165, 1.54) is 23.3 Å². The fourth-order valence-electron chi connectivity index (χ4n) is 3.35. The van der Waals surface area contributed by atoms with E-state index >= 15 is 0 Å². The lowest BCUT2D eigenvalue weighted by Gasteiger charge is -2.32. The Labute approximate surface area is 158 Å². The van der Waals surface area contributed by atoms with Gasteiger partial charge in [0.15, 0.2) is 12.6 Å². The number of rotatable bonds is 5. The normalized spacial score (nSPS) is 15.6. The maximum atomic E-state index is 13.2. The summed E-state index contributed by atoms with van der Waals surface area (Å²) in [7, 11) is 1.83. The van der Waals surface area contributed by atoms with E-state index in [0.717, 1.165) is 11.3 Å². The number of likely N-dealkylation sites (N-methyl/N-ethyl adjacent to an activating group) is 1. The van der Waals surface area contributed by atoms with Gasteiger partial charge in [-0.05, 0) is 42.7 Å². The van der Waals surface area contributed by atoms with Crippen LogP contribution < -0.4 is 10.2 Å². The quantitative estimate of drug-likeness (QED) is 0.833. The highest BCUT2D eigenvalue weighted by Crippen LogP contribution is 2.18. The van der Waals surface area contributed by atoms with Crippen LogP contribution in [-0.4, -0.2) is 42.9 Å². The molecule has 0 spiro atoms. The summed E-state index contributed by atoms with van der Waals surface area (Å²) in [5, 5.41) is 2.68. The molecule has 0 radical (unpaired) electrons. The van der Waals surface area contributed by atoms with Crippen molar-refractivity contribution in [2.75, 3.05) is 25.5 Å². The molecule has 2 aromatic carbocycles. The number of nitrogens with zero attached hydrogens (tertiary/aromatic N) is 1. The van der Waals surface area contributed by atoms with Crippen LogP contribution in [0.4, 0.5) is 10.1 Å². The Balaban J connectivity index is 1.56. The SMILES string of the molecule is C[C@H](C(=O)N1CCc2ccccc2C1)[NH+](C)CC(=O)Nc1cccc(F)c1. The average Bonchev–Trinajstić information content (AvgIpc) is 2.66. The zero-order valence-electron chi connectivity index (χ0n) is 15.7. The van der Waals surface area contributed by atoms with Crippen molar-refractivity contribution in [3.63, 3.8) is 0 Å². The smallest absolute Gasteiger partial charge is 0.280 e. The summed E-state index contributed by atoms with van der Waals surface area (Å²) in [5.74, 6) is -0.607. The number of anilines is 1. The highest BCUT2D eigenvalue weighted by atomic mass is 19.1. The zero-order chi connectivity index (χ0) is 19.4. The number of fused-ring (bicyclic) bond motifs is 1. The third-order valence-corrected chi connectivity index (χ3v) is 5.10. The van der Waals surface area contributed by atoms with Crippen LogP contribution in [0.2, 0.25) is 0 Å². The molecular weight excluding hydrogens is 345 g/mol. The maximum Gasteiger partial charge on any atom is 0.280 e. The molecule has 27 heavy (non-hydrogen) atoms. The van der Waals surface area contributed by atoms with Gasteiger partial charge in [0.05, 0.1) is 7.05 Å². The molecule has 2 amide bonds. The van der Waals surface area contributed by atoms with Crippen molar-refractivity contribution in [2.24, 2.45) is 0 Å². The first-order valence-electron chi connectivity index (χ1n) is 9.17. The van der Waals surface area contributed by atoms with Crippen LogP contribution in [-0.2, 0) is 22.6 Å². The van der Waals surface area contributed by atoms with Gasteiger partial charge >= 0.3 is 0 Å². The molecule has 5 nitrogen and oxygen atoms in total. The molecule has 2 N–H and O–H groups in total. The molecule has 3 rings (SSSR count). The van der Waals surface area contributed by atoms with Crippen molar-refractivity contribution in [1.82, 2.24) is 4.90 Å². The van der Waals surface area contributed by atoms with Gasteiger partial charge in [-0.25, -0.2) is 4.39 Å². The number of benzene rings is 2. The van der Waals surface area contributed by atoms with E-state index in [-0.39, 0.29) is 24.4 Å². The Bertz CT molecular complexity index is 840. The first-order chi connectivity index (χ1) is 12.9. The minimum Gasteiger partial charge on any atom is -0.333 e. The van der Waals surface area contributed by atoms with Crippen LogP contribution in [0.25, 0.3) is 0 Å². The number of amides is 2. The van der Waals surface area contributed by atoms with Crippen molar-refractivity contribution in [3.8, 4) is 0 Å². The number of carbonyl (C=O) groups is 2. The second-order valence-corrected chi connectivity index (χ2v) is 7.08. The first kappa shape index (κ1) is 19.0. The minimum atomic E-state index is -0.401. The number of nitrogens with one attached hydrogen (secondary N) is 2. The van der Waals surface area contributed by atoms with Crippen LogP contribution in [0.1, 0.15) is 18.1 Å². The van der Waals surface area contributed by atoms with Gasteiger partial charge in [0.25, 0.3) is 11.8 Å². The van der Waals surface area contributed by atoms with E-state index in [9.17, 15) is 14.0 Å². The van der Waals surface area contributed by atoms with E-state index in [2.05, 4.69) is 17.4 Å². The number of hydrogen-bond donors (Lipinski definition) is 2. The van der Waals surface area contributed by atoms with E-state index in [0.29, 0.717) is 18.8 Å². The first-order valence-corrected chi connectivity index (χ1v) is 9.17. The molecule has 0 saturated heterocycles. The zero-order valence-corrected chi connectivity index (χ0v) is 15.7. The highest BCUT2D eigenvalue weighted by Gasteiger charge is 2.30. The molecule has 1 aliphatic rings. The minimum absolute atomic E-state index is 0.0422. The van der Waals surface area contributed by atoms with Crippen molar-refractivity contribution in [3.05, 3.63) is 65.5 Å². The van der Waals surface area contributed by atoms with E-state index in [4.69, 9.17) is 0 Å². The average molecular weight is 370 g/mol. The Morgan fingerprint density at radius 3 is 2.67 bits per heavy atom. The van der Waals surface area contributed by atoms with E-state index < -0.39 is 5.82 Å². The van der Waals surface area contributed by atoms with E-state index in [1.54, 1.807) is 12.1 Å². The molecule has 2 atom stereocenters. The number of hydrogen-bond acceptors (Lipinski definition) is 2. The Kier molecular flexibility index (Phi) is 5.86. The van der Waals surface area contributed by atoms with Crippen molar-refractivity contribution in [2.45, 2.75) is 25.9 Å². The van der Waals surface area contributed by atoms with Crippen LogP contribution in [0, 0.1) is 5.82 Å². The monoisotopic (exact) mass is 370 g/mol. The molecule has 1 heterocycles. The molecule has 6 heteroatoms. The van der Waals surface area contributed by atoms with Crippen molar-refractivity contribution >= 4 is 17.5 Å².